The van der Waals surface area contributed by atoms with Gasteiger partial charge >= 0.3 is 6.01 Å². The number of nitrogens with one attached hydrogen (secondary N) is 1. The predicted octanol–water partition coefficient (Wildman–Crippen LogP) is 3.62. The van der Waals surface area contributed by atoms with Gasteiger partial charge in [0, 0.05) is 11.6 Å². The molecule has 0 aliphatic rings. The van der Waals surface area contributed by atoms with E-state index in [9.17, 15) is 4.79 Å². The van der Waals surface area contributed by atoms with Crippen LogP contribution in [0.1, 0.15) is 21.5 Å². The molecule has 1 amide bonds. The number of nitrogens with zero attached hydrogens (tertiary/aromatic N) is 2. The van der Waals surface area contributed by atoms with E-state index in [-0.39, 0.29) is 6.01 Å². The molecule has 2 aromatic carbocycles. The summed E-state index contributed by atoms with van der Waals surface area (Å²) in [6.07, 6.45) is 0. The first-order chi connectivity index (χ1) is 12.5. The first-order valence-electron chi connectivity index (χ1n) is 7.96. The van der Waals surface area contributed by atoms with Crippen LogP contribution in [0.3, 0.4) is 0 Å². The zero-order chi connectivity index (χ0) is 18.7. The number of hydrogen-bond acceptors (Lipinski definition) is 6. The number of methoxy groups -OCH3 is 2. The molecule has 7 heteroatoms. The Hall–Kier alpha value is -3.35. The monoisotopic (exact) mass is 353 g/mol. The third kappa shape index (κ3) is 3.51. The Morgan fingerprint density at radius 1 is 1.04 bits per heavy atom. The van der Waals surface area contributed by atoms with Gasteiger partial charge in [-0.2, -0.15) is 0 Å². The molecular formula is C19H19N3O4. The number of carbonyl (C=O) groups excluding carboxylic acids is 1. The van der Waals surface area contributed by atoms with Gasteiger partial charge in [0.05, 0.1) is 19.8 Å². The molecule has 0 aliphatic carbocycles. The van der Waals surface area contributed by atoms with E-state index >= 15 is 0 Å². The Morgan fingerprint density at radius 2 is 1.85 bits per heavy atom. The minimum atomic E-state index is -0.416. The number of rotatable bonds is 5. The fourth-order valence-electron chi connectivity index (χ4n) is 2.59. The van der Waals surface area contributed by atoms with Crippen LogP contribution in [0.15, 0.2) is 40.8 Å². The lowest BCUT2D eigenvalue weighted by Gasteiger charge is -2.09. The molecule has 1 aromatic heterocycles. The van der Waals surface area contributed by atoms with Crippen molar-refractivity contribution >= 4 is 11.9 Å². The van der Waals surface area contributed by atoms with Crippen LogP contribution in [0.5, 0.6) is 11.5 Å². The summed E-state index contributed by atoms with van der Waals surface area (Å²) in [5.41, 5.74) is 3.32. The van der Waals surface area contributed by atoms with Crippen LogP contribution in [0.25, 0.3) is 11.5 Å². The fourth-order valence-corrected chi connectivity index (χ4v) is 2.59. The summed E-state index contributed by atoms with van der Waals surface area (Å²) >= 11 is 0. The number of carbonyl (C=O) groups is 1. The molecule has 134 valence electrons. The lowest BCUT2D eigenvalue weighted by atomic mass is 10.1. The SMILES string of the molecule is COc1ccc(C(=O)Nc2nnc(-c3ccc(C)cc3C)o2)c(OC)c1. The Labute approximate surface area is 151 Å². The van der Waals surface area contributed by atoms with Crippen molar-refractivity contribution in [1.29, 1.82) is 0 Å². The average Bonchev–Trinajstić information content (AvgIpc) is 3.09. The van der Waals surface area contributed by atoms with E-state index in [1.54, 1.807) is 25.3 Å². The smallest absolute Gasteiger partial charge is 0.322 e. The van der Waals surface area contributed by atoms with Crippen LogP contribution < -0.4 is 14.8 Å². The summed E-state index contributed by atoms with van der Waals surface area (Å²) in [7, 11) is 3.03. The van der Waals surface area contributed by atoms with Gasteiger partial charge in [0.2, 0.25) is 5.89 Å². The summed E-state index contributed by atoms with van der Waals surface area (Å²) in [6, 6.07) is 10.8. The van der Waals surface area contributed by atoms with E-state index in [4.69, 9.17) is 13.9 Å². The Morgan fingerprint density at radius 3 is 2.54 bits per heavy atom. The van der Waals surface area contributed by atoms with E-state index < -0.39 is 5.91 Å². The molecule has 0 unspecified atom stereocenters. The minimum absolute atomic E-state index is 0.0165. The van der Waals surface area contributed by atoms with Gasteiger partial charge in [-0.15, -0.1) is 5.10 Å². The van der Waals surface area contributed by atoms with Crippen LogP contribution in [0, 0.1) is 13.8 Å². The van der Waals surface area contributed by atoms with Crippen molar-refractivity contribution in [3.05, 3.63) is 53.1 Å². The second kappa shape index (κ2) is 7.26. The molecule has 0 saturated carbocycles. The summed E-state index contributed by atoms with van der Waals surface area (Å²) < 4.78 is 16.0. The summed E-state index contributed by atoms with van der Waals surface area (Å²) in [4.78, 5) is 12.5. The predicted molar refractivity (Wildman–Crippen MR) is 96.7 cm³/mol. The maximum atomic E-state index is 12.5. The number of ether oxygens (including phenoxy) is 2. The van der Waals surface area contributed by atoms with Gasteiger partial charge in [0.25, 0.3) is 5.91 Å². The van der Waals surface area contributed by atoms with Gasteiger partial charge in [-0.1, -0.05) is 22.8 Å². The Balaban J connectivity index is 1.82. The van der Waals surface area contributed by atoms with Crippen molar-refractivity contribution in [2.45, 2.75) is 13.8 Å². The first kappa shape index (κ1) is 17.5. The highest BCUT2D eigenvalue weighted by Gasteiger charge is 2.17. The number of anilines is 1. The summed E-state index contributed by atoms with van der Waals surface area (Å²) in [5.74, 6) is 0.907. The van der Waals surface area contributed by atoms with E-state index in [2.05, 4.69) is 15.5 Å². The highest BCUT2D eigenvalue weighted by atomic mass is 16.5. The van der Waals surface area contributed by atoms with Crippen molar-refractivity contribution in [2.24, 2.45) is 0 Å². The average molecular weight is 353 g/mol. The number of hydrogen-bond donors (Lipinski definition) is 1. The van der Waals surface area contributed by atoms with Crippen molar-refractivity contribution in [3.8, 4) is 23.0 Å². The molecular weight excluding hydrogens is 334 g/mol. The van der Waals surface area contributed by atoms with Gasteiger partial charge < -0.3 is 13.9 Å². The molecule has 1 heterocycles. The molecule has 0 spiro atoms. The van der Waals surface area contributed by atoms with Crippen LogP contribution in [0.4, 0.5) is 6.01 Å². The maximum Gasteiger partial charge on any atom is 0.322 e. The molecule has 0 radical (unpaired) electrons. The molecule has 3 aromatic rings. The number of aromatic nitrogens is 2. The fraction of sp³-hybridized carbons (Fsp3) is 0.211. The largest absolute Gasteiger partial charge is 0.497 e. The normalized spacial score (nSPS) is 10.5. The molecule has 0 aliphatic heterocycles. The van der Waals surface area contributed by atoms with Crippen LogP contribution in [-0.2, 0) is 0 Å². The van der Waals surface area contributed by atoms with Crippen molar-refractivity contribution in [1.82, 2.24) is 10.2 Å². The Kier molecular flexibility index (Phi) is 4.88. The number of benzene rings is 2. The zero-order valence-electron chi connectivity index (χ0n) is 15.0. The van der Waals surface area contributed by atoms with E-state index in [1.807, 2.05) is 32.0 Å². The zero-order valence-corrected chi connectivity index (χ0v) is 15.0. The van der Waals surface area contributed by atoms with E-state index in [1.165, 1.54) is 7.11 Å². The third-order valence-corrected chi connectivity index (χ3v) is 3.91. The van der Waals surface area contributed by atoms with Gasteiger partial charge in [-0.3, -0.25) is 10.1 Å². The third-order valence-electron chi connectivity index (χ3n) is 3.91. The second-order valence-corrected chi connectivity index (χ2v) is 5.75. The molecule has 7 nitrogen and oxygen atoms in total. The molecule has 3 rings (SSSR count). The molecule has 26 heavy (non-hydrogen) atoms. The number of aryl methyl sites for hydroxylation is 2. The summed E-state index contributed by atoms with van der Waals surface area (Å²) in [5, 5.41) is 10.5. The van der Waals surface area contributed by atoms with Crippen molar-refractivity contribution in [3.63, 3.8) is 0 Å². The maximum absolute atomic E-state index is 12.5. The molecule has 0 saturated heterocycles. The second-order valence-electron chi connectivity index (χ2n) is 5.75. The van der Waals surface area contributed by atoms with Gasteiger partial charge in [0.1, 0.15) is 11.5 Å². The summed E-state index contributed by atoms with van der Waals surface area (Å²) in [6.45, 7) is 3.98. The molecule has 0 bridgehead atoms. The first-order valence-corrected chi connectivity index (χ1v) is 7.96. The lowest BCUT2D eigenvalue weighted by Crippen LogP contribution is -2.13. The molecule has 0 fully saturated rings. The number of amides is 1. The van der Waals surface area contributed by atoms with Gasteiger partial charge in [-0.25, -0.2) is 0 Å². The highest BCUT2D eigenvalue weighted by molar-refractivity contribution is 6.05. The molecule has 0 atom stereocenters. The van der Waals surface area contributed by atoms with Crippen LogP contribution >= 0.6 is 0 Å². The van der Waals surface area contributed by atoms with Crippen molar-refractivity contribution in [2.75, 3.05) is 19.5 Å². The molecule has 1 N–H and O–H groups in total. The van der Waals surface area contributed by atoms with Gasteiger partial charge in [0.15, 0.2) is 0 Å². The van der Waals surface area contributed by atoms with E-state index in [0.717, 1.165) is 16.7 Å². The lowest BCUT2D eigenvalue weighted by molar-refractivity contribution is 0.102. The van der Waals surface area contributed by atoms with Crippen molar-refractivity contribution < 1.29 is 18.7 Å². The quantitative estimate of drug-likeness (QED) is 0.754. The minimum Gasteiger partial charge on any atom is -0.497 e. The van der Waals surface area contributed by atoms with Crippen LogP contribution in [0.2, 0.25) is 0 Å². The standard InChI is InChI=1S/C19H19N3O4/c1-11-5-7-14(12(2)9-11)18-21-22-19(26-18)20-17(23)15-8-6-13(24-3)10-16(15)25-4/h5-10H,1-4H3,(H,20,22,23). The van der Waals surface area contributed by atoms with Crippen LogP contribution in [-0.4, -0.2) is 30.3 Å². The Bertz CT molecular complexity index is 950. The topological polar surface area (TPSA) is 86.5 Å². The van der Waals surface area contributed by atoms with Gasteiger partial charge in [-0.05, 0) is 37.6 Å². The highest BCUT2D eigenvalue weighted by Crippen LogP contribution is 2.27. The van der Waals surface area contributed by atoms with E-state index in [0.29, 0.717) is 23.0 Å².